The molecule has 0 aliphatic carbocycles. The smallest absolute Gasteiger partial charge is 0.0482 e. The lowest BCUT2D eigenvalue weighted by Gasteiger charge is -2.32. The van der Waals surface area contributed by atoms with Gasteiger partial charge >= 0.3 is 0 Å². The maximum absolute atomic E-state index is 9.01. The van der Waals surface area contributed by atoms with E-state index in [9.17, 15) is 0 Å². The molecule has 0 aliphatic heterocycles. The summed E-state index contributed by atoms with van der Waals surface area (Å²) < 4.78 is 0. The predicted octanol–water partition coefficient (Wildman–Crippen LogP) is 1.38. The SMILES string of the molecule is CC(C)(CN)CC(C)(C)CO. The van der Waals surface area contributed by atoms with Gasteiger partial charge in [0.2, 0.25) is 0 Å². The molecule has 11 heavy (non-hydrogen) atoms. The number of hydrogen-bond donors (Lipinski definition) is 2. The molecule has 0 unspecified atom stereocenters. The van der Waals surface area contributed by atoms with Crippen molar-refractivity contribution < 1.29 is 5.11 Å². The van der Waals surface area contributed by atoms with Gasteiger partial charge in [0.15, 0.2) is 0 Å². The van der Waals surface area contributed by atoms with Crippen LogP contribution in [0.4, 0.5) is 0 Å². The van der Waals surface area contributed by atoms with E-state index in [0.717, 1.165) is 6.42 Å². The second-order valence-corrected chi connectivity index (χ2v) is 4.87. The van der Waals surface area contributed by atoms with Gasteiger partial charge in [-0.2, -0.15) is 0 Å². The summed E-state index contributed by atoms with van der Waals surface area (Å²) in [5.41, 5.74) is 5.73. The zero-order valence-corrected chi connectivity index (χ0v) is 8.15. The van der Waals surface area contributed by atoms with Crippen molar-refractivity contribution in [1.29, 1.82) is 0 Å². The van der Waals surface area contributed by atoms with Gasteiger partial charge in [-0.1, -0.05) is 27.7 Å². The first kappa shape index (κ1) is 10.9. The molecule has 68 valence electrons. The van der Waals surface area contributed by atoms with Gasteiger partial charge in [0.05, 0.1) is 0 Å². The van der Waals surface area contributed by atoms with E-state index in [1.165, 1.54) is 0 Å². The maximum atomic E-state index is 9.01. The average Bonchev–Trinajstić information content (AvgIpc) is 1.86. The Labute approximate surface area is 69.8 Å². The molecule has 0 bridgehead atoms. The number of aliphatic hydroxyl groups excluding tert-OH is 1. The molecule has 0 spiro atoms. The van der Waals surface area contributed by atoms with Gasteiger partial charge in [0.25, 0.3) is 0 Å². The van der Waals surface area contributed by atoms with Crippen LogP contribution < -0.4 is 5.73 Å². The van der Waals surface area contributed by atoms with Crippen LogP contribution in [0.25, 0.3) is 0 Å². The van der Waals surface area contributed by atoms with Crippen molar-refractivity contribution in [2.24, 2.45) is 16.6 Å². The van der Waals surface area contributed by atoms with Crippen LogP contribution >= 0.6 is 0 Å². The minimum Gasteiger partial charge on any atom is -0.396 e. The monoisotopic (exact) mass is 159 g/mol. The van der Waals surface area contributed by atoms with Gasteiger partial charge in [-0.15, -0.1) is 0 Å². The van der Waals surface area contributed by atoms with Crippen LogP contribution in [0, 0.1) is 10.8 Å². The highest BCUT2D eigenvalue weighted by Gasteiger charge is 2.26. The van der Waals surface area contributed by atoms with E-state index in [1.54, 1.807) is 0 Å². The van der Waals surface area contributed by atoms with Crippen molar-refractivity contribution in [3.05, 3.63) is 0 Å². The molecule has 0 heterocycles. The normalized spacial score (nSPS) is 13.6. The molecule has 0 fully saturated rings. The van der Waals surface area contributed by atoms with Gasteiger partial charge in [-0.25, -0.2) is 0 Å². The molecule has 3 N–H and O–H groups in total. The van der Waals surface area contributed by atoms with Gasteiger partial charge in [-0.05, 0) is 23.8 Å². The molecular formula is C9H21NO. The number of aliphatic hydroxyl groups is 1. The zero-order chi connectivity index (χ0) is 9.12. The predicted molar refractivity (Wildman–Crippen MR) is 48.3 cm³/mol. The maximum Gasteiger partial charge on any atom is 0.0482 e. The molecule has 0 amide bonds. The first-order valence-electron chi connectivity index (χ1n) is 4.14. The Kier molecular flexibility index (Phi) is 3.52. The second kappa shape index (κ2) is 3.55. The fourth-order valence-corrected chi connectivity index (χ4v) is 1.42. The van der Waals surface area contributed by atoms with Crippen molar-refractivity contribution in [1.82, 2.24) is 0 Å². The van der Waals surface area contributed by atoms with E-state index in [1.807, 2.05) is 0 Å². The lowest BCUT2D eigenvalue weighted by atomic mass is 9.76. The minimum absolute atomic E-state index is 0.00285. The second-order valence-electron chi connectivity index (χ2n) is 4.87. The lowest BCUT2D eigenvalue weighted by molar-refractivity contribution is 0.106. The average molecular weight is 159 g/mol. The highest BCUT2D eigenvalue weighted by molar-refractivity contribution is 4.79. The van der Waals surface area contributed by atoms with E-state index in [4.69, 9.17) is 10.8 Å². The van der Waals surface area contributed by atoms with Crippen molar-refractivity contribution >= 4 is 0 Å². The molecule has 0 aromatic heterocycles. The van der Waals surface area contributed by atoms with Crippen LogP contribution in [0.1, 0.15) is 34.1 Å². The first-order chi connectivity index (χ1) is 4.83. The summed E-state index contributed by atoms with van der Waals surface area (Å²) in [4.78, 5) is 0. The Morgan fingerprint density at radius 2 is 1.55 bits per heavy atom. The molecule has 0 saturated heterocycles. The van der Waals surface area contributed by atoms with Crippen molar-refractivity contribution in [2.75, 3.05) is 13.2 Å². The molecule has 0 aliphatic rings. The third kappa shape index (κ3) is 4.38. The van der Waals surface area contributed by atoms with Crippen molar-refractivity contribution in [2.45, 2.75) is 34.1 Å². The summed E-state index contributed by atoms with van der Waals surface area (Å²) in [5, 5.41) is 9.01. The summed E-state index contributed by atoms with van der Waals surface area (Å²) in [6.45, 7) is 9.29. The molecule has 0 radical (unpaired) electrons. The summed E-state index contributed by atoms with van der Waals surface area (Å²) in [6.07, 6.45) is 0.965. The first-order valence-corrected chi connectivity index (χ1v) is 4.14. The van der Waals surface area contributed by atoms with Crippen LogP contribution in [0.15, 0.2) is 0 Å². The third-order valence-corrected chi connectivity index (χ3v) is 1.94. The Hall–Kier alpha value is -0.0800. The van der Waals surface area contributed by atoms with Gasteiger partial charge in [-0.3, -0.25) is 0 Å². The molecule has 2 heteroatoms. The fourth-order valence-electron chi connectivity index (χ4n) is 1.42. The molecule has 0 saturated carbocycles. The standard InChI is InChI=1S/C9H21NO/c1-8(2,6-10)5-9(3,4)7-11/h11H,5-7,10H2,1-4H3. The lowest BCUT2D eigenvalue weighted by Crippen LogP contribution is -2.31. The fraction of sp³-hybridized carbons (Fsp3) is 1.00. The molecule has 0 atom stereocenters. The van der Waals surface area contributed by atoms with Crippen LogP contribution in [-0.2, 0) is 0 Å². The number of hydrogen-bond acceptors (Lipinski definition) is 2. The Morgan fingerprint density at radius 3 is 1.82 bits per heavy atom. The van der Waals surface area contributed by atoms with E-state index < -0.39 is 0 Å². The van der Waals surface area contributed by atoms with Crippen LogP contribution in [0.2, 0.25) is 0 Å². The Balaban J connectivity index is 4.02. The summed E-state index contributed by atoms with van der Waals surface area (Å²) in [6, 6.07) is 0. The zero-order valence-electron chi connectivity index (χ0n) is 8.15. The van der Waals surface area contributed by atoms with Crippen LogP contribution in [-0.4, -0.2) is 18.3 Å². The van der Waals surface area contributed by atoms with E-state index >= 15 is 0 Å². The quantitative estimate of drug-likeness (QED) is 0.651. The number of nitrogens with two attached hydrogens (primary N) is 1. The topological polar surface area (TPSA) is 46.2 Å². The van der Waals surface area contributed by atoms with E-state index in [0.29, 0.717) is 6.54 Å². The Bertz CT molecular complexity index is 105. The number of rotatable bonds is 4. The van der Waals surface area contributed by atoms with Gasteiger partial charge in [0.1, 0.15) is 0 Å². The van der Waals surface area contributed by atoms with Crippen molar-refractivity contribution in [3.63, 3.8) is 0 Å². The molecular weight excluding hydrogens is 138 g/mol. The summed E-state index contributed by atoms with van der Waals surface area (Å²) >= 11 is 0. The molecule has 2 nitrogen and oxygen atoms in total. The van der Waals surface area contributed by atoms with Crippen LogP contribution in [0.5, 0.6) is 0 Å². The summed E-state index contributed by atoms with van der Waals surface area (Å²) in [5.74, 6) is 0. The highest BCUT2D eigenvalue weighted by Crippen LogP contribution is 2.31. The van der Waals surface area contributed by atoms with E-state index in [2.05, 4.69) is 27.7 Å². The molecule has 0 aromatic carbocycles. The largest absolute Gasteiger partial charge is 0.396 e. The van der Waals surface area contributed by atoms with Gasteiger partial charge < -0.3 is 10.8 Å². The van der Waals surface area contributed by atoms with Gasteiger partial charge in [0, 0.05) is 6.61 Å². The minimum atomic E-state index is 0.00285. The third-order valence-electron chi connectivity index (χ3n) is 1.94. The van der Waals surface area contributed by atoms with Crippen LogP contribution in [0.3, 0.4) is 0 Å². The van der Waals surface area contributed by atoms with Crippen molar-refractivity contribution in [3.8, 4) is 0 Å². The summed E-state index contributed by atoms with van der Waals surface area (Å²) in [7, 11) is 0. The molecule has 0 aromatic rings. The molecule has 0 rings (SSSR count). The Morgan fingerprint density at radius 1 is 1.09 bits per heavy atom. The highest BCUT2D eigenvalue weighted by atomic mass is 16.3. The van der Waals surface area contributed by atoms with E-state index in [-0.39, 0.29) is 17.4 Å².